The Morgan fingerprint density at radius 1 is 1.35 bits per heavy atom. The second kappa shape index (κ2) is 4.78. The summed E-state index contributed by atoms with van der Waals surface area (Å²) < 4.78 is 0. The van der Waals surface area contributed by atoms with Crippen LogP contribution in [0.5, 0.6) is 0 Å². The molecule has 2 fully saturated rings. The fraction of sp³-hybridized carbons (Fsp3) is 0.769. The van der Waals surface area contributed by atoms with E-state index in [1.807, 2.05) is 0 Å². The Morgan fingerprint density at radius 3 is 2.76 bits per heavy atom. The van der Waals surface area contributed by atoms with Gasteiger partial charge in [0.1, 0.15) is 5.82 Å². The van der Waals surface area contributed by atoms with Gasteiger partial charge in [0.25, 0.3) is 0 Å². The summed E-state index contributed by atoms with van der Waals surface area (Å²) in [6, 6.07) is 0.422. The van der Waals surface area contributed by atoms with Crippen LogP contribution in [0.3, 0.4) is 0 Å². The molecule has 1 unspecified atom stereocenters. The summed E-state index contributed by atoms with van der Waals surface area (Å²) in [5.74, 6) is 1.90. The van der Waals surface area contributed by atoms with Gasteiger partial charge in [-0.3, -0.25) is 4.90 Å². The lowest BCUT2D eigenvalue weighted by Gasteiger charge is -2.31. The molecule has 1 aliphatic carbocycles. The number of nitrogens with one attached hydrogen (secondary N) is 2. The number of rotatable bonds is 3. The molecule has 4 heteroatoms. The van der Waals surface area contributed by atoms with Gasteiger partial charge in [-0.25, -0.2) is 4.98 Å². The van der Waals surface area contributed by atoms with Crippen molar-refractivity contribution in [1.29, 1.82) is 0 Å². The van der Waals surface area contributed by atoms with Crippen LogP contribution in [0.2, 0.25) is 0 Å². The van der Waals surface area contributed by atoms with Crippen molar-refractivity contribution >= 4 is 0 Å². The van der Waals surface area contributed by atoms with Crippen molar-refractivity contribution in [3.8, 4) is 0 Å². The minimum absolute atomic E-state index is 0.422. The lowest BCUT2D eigenvalue weighted by atomic mass is 9.83. The molecule has 4 nitrogen and oxygen atoms in total. The molecule has 0 aromatic carbocycles. The molecule has 1 aliphatic heterocycles. The molecule has 1 saturated carbocycles. The SMILES string of the molecule is CC(c1ncc(C2CCC2)[nH]1)N1CCNCC1. The maximum atomic E-state index is 4.58. The Labute approximate surface area is 103 Å². The van der Waals surface area contributed by atoms with Crippen molar-refractivity contribution in [1.82, 2.24) is 20.2 Å². The number of piperazine rings is 1. The van der Waals surface area contributed by atoms with E-state index in [2.05, 4.69) is 33.3 Å². The zero-order chi connectivity index (χ0) is 11.7. The van der Waals surface area contributed by atoms with Crippen LogP contribution in [0.25, 0.3) is 0 Å². The van der Waals surface area contributed by atoms with Gasteiger partial charge in [-0.15, -0.1) is 0 Å². The van der Waals surface area contributed by atoms with E-state index in [1.54, 1.807) is 0 Å². The smallest absolute Gasteiger partial charge is 0.123 e. The highest BCUT2D eigenvalue weighted by Gasteiger charge is 2.24. The number of aromatic nitrogens is 2. The fourth-order valence-corrected chi connectivity index (χ4v) is 2.73. The van der Waals surface area contributed by atoms with E-state index >= 15 is 0 Å². The van der Waals surface area contributed by atoms with Gasteiger partial charge in [-0.2, -0.15) is 0 Å². The third kappa shape index (κ3) is 2.24. The Morgan fingerprint density at radius 2 is 2.12 bits per heavy atom. The molecule has 1 aromatic heterocycles. The van der Waals surface area contributed by atoms with Crippen molar-refractivity contribution in [3.63, 3.8) is 0 Å². The highest BCUT2D eigenvalue weighted by Crippen LogP contribution is 2.35. The summed E-state index contributed by atoms with van der Waals surface area (Å²) in [5, 5.41) is 3.39. The summed E-state index contributed by atoms with van der Waals surface area (Å²) in [7, 11) is 0. The average molecular weight is 234 g/mol. The summed E-state index contributed by atoms with van der Waals surface area (Å²) >= 11 is 0. The number of hydrogen-bond donors (Lipinski definition) is 2. The van der Waals surface area contributed by atoms with Gasteiger partial charge in [-0.05, 0) is 19.8 Å². The molecule has 0 bridgehead atoms. The summed E-state index contributed by atoms with van der Waals surface area (Å²) in [4.78, 5) is 10.6. The Hall–Kier alpha value is -0.870. The first kappa shape index (κ1) is 11.2. The molecule has 0 radical (unpaired) electrons. The van der Waals surface area contributed by atoms with E-state index in [0.29, 0.717) is 6.04 Å². The lowest BCUT2D eigenvalue weighted by Crippen LogP contribution is -2.44. The van der Waals surface area contributed by atoms with Crippen molar-refractivity contribution in [2.24, 2.45) is 0 Å². The summed E-state index contributed by atoms with van der Waals surface area (Å²) in [6.07, 6.45) is 6.11. The molecule has 1 atom stereocenters. The Kier molecular flexibility index (Phi) is 3.16. The molecule has 0 amide bonds. The van der Waals surface area contributed by atoms with Gasteiger partial charge in [0.2, 0.25) is 0 Å². The number of imidazole rings is 1. The summed E-state index contributed by atoms with van der Waals surface area (Å²) in [6.45, 7) is 6.71. The predicted molar refractivity (Wildman–Crippen MR) is 68.0 cm³/mol. The zero-order valence-corrected chi connectivity index (χ0v) is 10.6. The monoisotopic (exact) mass is 234 g/mol. The van der Waals surface area contributed by atoms with E-state index in [0.717, 1.165) is 37.9 Å². The second-order valence-corrected chi connectivity index (χ2v) is 5.31. The van der Waals surface area contributed by atoms with Crippen LogP contribution in [0.4, 0.5) is 0 Å². The normalized spacial score (nSPS) is 24.5. The average Bonchev–Trinajstić information content (AvgIpc) is 2.76. The van der Waals surface area contributed by atoms with Gasteiger partial charge in [0, 0.05) is 44.0 Å². The molecule has 3 rings (SSSR count). The van der Waals surface area contributed by atoms with E-state index in [9.17, 15) is 0 Å². The third-order valence-electron chi connectivity index (χ3n) is 4.26. The largest absolute Gasteiger partial charge is 0.344 e. The molecule has 1 saturated heterocycles. The quantitative estimate of drug-likeness (QED) is 0.835. The van der Waals surface area contributed by atoms with E-state index in [4.69, 9.17) is 0 Å². The highest BCUT2D eigenvalue weighted by molar-refractivity contribution is 5.12. The molecular formula is C13H22N4. The molecule has 2 aliphatic rings. The van der Waals surface area contributed by atoms with Gasteiger partial charge in [0.05, 0.1) is 6.04 Å². The van der Waals surface area contributed by atoms with Crippen LogP contribution in [0, 0.1) is 0 Å². The van der Waals surface area contributed by atoms with Crippen LogP contribution < -0.4 is 5.32 Å². The van der Waals surface area contributed by atoms with Crippen LogP contribution in [-0.4, -0.2) is 41.0 Å². The summed E-state index contributed by atoms with van der Waals surface area (Å²) in [5.41, 5.74) is 1.35. The van der Waals surface area contributed by atoms with Crippen LogP contribution in [-0.2, 0) is 0 Å². The van der Waals surface area contributed by atoms with Crippen molar-refractivity contribution in [2.45, 2.75) is 38.1 Å². The number of nitrogens with zero attached hydrogens (tertiary/aromatic N) is 2. The standard InChI is InChI=1S/C13H22N4/c1-10(17-7-5-14-6-8-17)13-15-9-12(16-13)11-3-2-4-11/h9-11,14H,2-8H2,1H3,(H,15,16). The van der Waals surface area contributed by atoms with Gasteiger partial charge in [-0.1, -0.05) is 6.42 Å². The number of H-pyrrole nitrogens is 1. The van der Waals surface area contributed by atoms with Crippen molar-refractivity contribution < 1.29 is 0 Å². The third-order valence-corrected chi connectivity index (χ3v) is 4.26. The maximum absolute atomic E-state index is 4.58. The molecule has 2 N–H and O–H groups in total. The lowest BCUT2D eigenvalue weighted by molar-refractivity contribution is 0.179. The van der Waals surface area contributed by atoms with Gasteiger partial charge < -0.3 is 10.3 Å². The van der Waals surface area contributed by atoms with Gasteiger partial charge in [0.15, 0.2) is 0 Å². The van der Waals surface area contributed by atoms with Crippen molar-refractivity contribution in [3.05, 3.63) is 17.7 Å². The Balaban J connectivity index is 1.67. The van der Waals surface area contributed by atoms with E-state index < -0.39 is 0 Å². The minimum Gasteiger partial charge on any atom is -0.344 e. The molecule has 1 aromatic rings. The first-order valence-corrected chi connectivity index (χ1v) is 6.84. The highest BCUT2D eigenvalue weighted by atomic mass is 15.2. The number of aromatic amines is 1. The molecule has 94 valence electrons. The van der Waals surface area contributed by atoms with Crippen LogP contribution in [0.1, 0.15) is 49.7 Å². The minimum atomic E-state index is 0.422. The molecule has 17 heavy (non-hydrogen) atoms. The van der Waals surface area contributed by atoms with Crippen LogP contribution in [0.15, 0.2) is 6.20 Å². The first-order valence-electron chi connectivity index (χ1n) is 6.84. The topological polar surface area (TPSA) is 44.0 Å². The van der Waals surface area contributed by atoms with Crippen molar-refractivity contribution in [2.75, 3.05) is 26.2 Å². The Bertz CT molecular complexity index is 363. The van der Waals surface area contributed by atoms with E-state index in [-0.39, 0.29) is 0 Å². The zero-order valence-electron chi connectivity index (χ0n) is 10.6. The van der Waals surface area contributed by atoms with Crippen LogP contribution >= 0.6 is 0 Å². The predicted octanol–water partition coefficient (Wildman–Crippen LogP) is 1.64. The number of hydrogen-bond acceptors (Lipinski definition) is 3. The molecule has 0 spiro atoms. The molecular weight excluding hydrogens is 212 g/mol. The maximum Gasteiger partial charge on any atom is 0.123 e. The molecule has 2 heterocycles. The van der Waals surface area contributed by atoms with Gasteiger partial charge >= 0.3 is 0 Å². The fourth-order valence-electron chi connectivity index (χ4n) is 2.73. The second-order valence-electron chi connectivity index (χ2n) is 5.31. The van der Waals surface area contributed by atoms with E-state index in [1.165, 1.54) is 25.0 Å². The first-order chi connectivity index (χ1) is 8.34.